The minimum absolute atomic E-state index is 0.377. The summed E-state index contributed by atoms with van der Waals surface area (Å²) in [5.41, 5.74) is 0.738. The maximum atomic E-state index is 10.5. The zero-order valence-electron chi connectivity index (χ0n) is 11.5. The third-order valence-electron chi connectivity index (χ3n) is 2.52. The molecule has 6 heteroatoms. The van der Waals surface area contributed by atoms with Gasteiger partial charge in [-0.15, -0.1) is 11.3 Å². The quantitative estimate of drug-likeness (QED) is 0.795. The van der Waals surface area contributed by atoms with E-state index in [1.54, 1.807) is 24.4 Å². The van der Waals surface area contributed by atoms with Crippen molar-refractivity contribution in [2.24, 2.45) is 0 Å². The first kappa shape index (κ1) is 15.1. The summed E-state index contributed by atoms with van der Waals surface area (Å²) in [6, 6.07) is 5.29. The lowest BCUT2D eigenvalue weighted by Gasteiger charge is -2.11. The molecule has 5 nitrogen and oxygen atoms in total. The Hall–Kier alpha value is -2.34. The van der Waals surface area contributed by atoms with Crippen molar-refractivity contribution >= 4 is 23.4 Å². The highest BCUT2D eigenvalue weighted by Gasteiger charge is 2.07. The molecule has 2 rings (SSSR count). The van der Waals surface area contributed by atoms with E-state index >= 15 is 0 Å². The molecule has 0 unspecified atom stereocenters. The third kappa shape index (κ3) is 4.61. The van der Waals surface area contributed by atoms with Crippen LogP contribution in [0.5, 0.6) is 11.5 Å². The van der Waals surface area contributed by atoms with Crippen molar-refractivity contribution in [3.63, 3.8) is 0 Å². The Morgan fingerprint density at radius 2 is 2.24 bits per heavy atom. The van der Waals surface area contributed by atoms with Crippen LogP contribution in [0.25, 0.3) is 6.08 Å². The van der Waals surface area contributed by atoms with Crippen molar-refractivity contribution in [2.45, 2.75) is 13.5 Å². The zero-order chi connectivity index (χ0) is 15.1. The largest absolute Gasteiger partial charge is 0.490 e. The van der Waals surface area contributed by atoms with E-state index in [0.29, 0.717) is 24.7 Å². The van der Waals surface area contributed by atoms with Crippen LogP contribution in [0.3, 0.4) is 0 Å². The fourth-order valence-electron chi connectivity index (χ4n) is 1.65. The Bertz CT molecular complexity index is 623. The van der Waals surface area contributed by atoms with E-state index in [0.717, 1.165) is 16.6 Å². The summed E-state index contributed by atoms with van der Waals surface area (Å²) >= 11 is 1.52. The molecule has 1 aromatic carbocycles. The van der Waals surface area contributed by atoms with Crippen molar-refractivity contribution in [3.05, 3.63) is 46.4 Å². The topological polar surface area (TPSA) is 68.7 Å². The average Bonchev–Trinajstić information content (AvgIpc) is 2.97. The number of benzene rings is 1. The smallest absolute Gasteiger partial charge is 0.328 e. The first-order valence-corrected chi connectivity index (χ1v) is 7.26. The van der Waals surface area contributed by atoms with Crippen LogP contribution in [0.1, 0.15) is 17.5 Å². The van der Waals surface area contributed by atoms with Crippen LogP contribution in [0.4, 0.5) is 0 Å². The summed E-state index contributed by atoms with van der Waals surface area (Å²) in [7, 11) is 0. The lowest BCUT2D eigenvalue weighted by molar-refractivity contribution is -0.131. The molecule has 0 spiro atoms. The number of carboxylic acid groups (broad SMARTS) is 1. The second kappa shape index (κ2) is 7.44. The van der Waals surface area contributed by atoms with Crippen molar-refractivity contribution in [2.75, 3.05) is 6.61 Å². The molecular formula is C15H15NO4S. The van der Waals surface area contributed by atoms with Gasteiger partial charge in [0.1, 0.15) is 11.6 Å². The van der Waals surface area contributed by atoms with Crippen molar-refractivity contribution in [1.82, 2.24) is 4.98 Å². The number of carboxylic acids is 1. The van der Waals surface area contributed by atoms with E-state index in [-0.39, 0.29) is 0 Å². The molecule has 0 atom stereocenters. The second-order valence-electron chi connectivity index (χ2n) is 4.03. The average molecular weight is 305 g/mol. The van der Waals surface area contributed by atoms with Crippen LogP contribution in [-0.4, -0.2) is 22.7 Å². The number of thiazole rings is 1. The predicted octanol–water partition coefficient (Wildman–Crippen LogP) is 3.22. The number of nitrogens with zero attached hydrogens (tertiary/aromatic N) is 1. The molecule has 0 amide bonds. The highest BCUT2D eigenvalue weighted by Crippen LogP contribution is 2.29. The SMILES string of the molecule is CCOc1cc(/C=C/C(=O)O)ccc1OCc1nccs1. The zero-order valence-corrected chi connectivity index (χ0v) is 12.3. The maximum absolute atomic E-state index is 10.5. The van der Waals surface area contributed by atoms with Gasteiger partial charge in [-0.1, -0.05) is 6.07 Å². The molecular weight excluding hydrogens is 290 g/mol. The number of aliphatic carboxylic acids is 1. The molecule has 0 fully saturated rings. The highest BCUT2D eigenvalue weighted by atomic mass is 32.1. The molecule has 0 saturated carbocycles. The minimum atomic E-state index is -0.989. The van der Waals surface area contributed by atoms with Gasteiger partial charge >= 0.3 is 5.97 Å². The lowest BCUT2D eigenvalue weighted by atomic mass is 10.2. The van der Waals surface area contributed by atoms with Gasteiger partial charge < -0.3 is 14.6 Å². The molecule has 21 heavy (non-hydrogen) atoms. The van der Waals surface area contributed by atoms with Gasteiger partial charge in [-0.05, 0) is 30.7 Å². The summed E-state index contributed by atoms with van der Waals surface area (Å²) in [6.07, 6.45) is 4.32. The summed E-state index contributed by atoms with van der Waals surface area (Å²) < 4.78 is 11.2. The Labute approximate surface area is 126 Å². The molecule has 0 saturated heterocycles. The molecule has 0 bridgehead atoms. The summed E-state index contributed by atoms with van der Waals surface area (Å²) in [5.74, 6) is 0.207. The van der Waals surface area contributed by atoms with E-state index in [4.69, 9.17) is 14.6 Å². The number of rotatable bonds is 7. The number of aromatic nitrogens is 1. The molecule has 0 aliphatic rings. The van der Waals surface area contributed by atoms with E-state index < -0.39 is 5.97 Å². The van der Waals surface area contributed by atoms with Crippen LogP contribution in [0.2, 0.25) is 0 Å². The van der Waals surface area contributed by atoms with Crippen LogP contribution in [0, 0.1) is 0 Å². The molecule has 0 aliphatic heterocycles. The summed E-state index contributed by atoms with van der Waals surface area (Å²) in [5, 5.41) is 11.4. The molecule has 2 aromatic rings. The normalized spacial score (nSPS) is 10.7. The first-order chi connectivity index (χ1) is 10.2. The van der Waals surface area contributed by atoms with E-state index in [2.05, 4.69) is 4.98 Å². The first-order valence-electron chi connectivity index (χ1n) is 6.38. The molecule has 1 heterocycles. The number of carbonyl (C=O) groups is 1. The summed E-state index contributed by atoms with van der Waals surface area (Å²) in [6.45, 7) is 2.76. The summed E-state index contributed by atoms with van der Waals surface area (Å²) in [4.78, 5) is 14.7. The third-order valence-corrected chi connectivity index (χ3v) is 3.27. The second-order valence-corrected chi connectivity index (χ2v) is 5.00. The fourth-order valence-corrected chi connectivity index (χ4v) is 2.17. The highest BCUT2D eigenvalue weighted by molar-refractivity contribution is 7.09. The predicted molar refractivity (Wildman–Crippen MR) is 80.7 cm³/mol. The number of ether oxygens (including phenoxy) is 2. The number of hydrogen-bond donors (Lipinski definition) is 1. The van der Waals surface area contributed by atoms with Gasteiger partial charge in [0.25, 0.3) is 0 Å². The fraction of sp³-hybridized carbons (Fsp3) is 0.200. The van der Waals surface area contributed by atoms with E-state index in [9.17, 15) is 4.79 Å². The van der Waals surface area contributed by atoms with Gasteiger partial charge in [-0.25, -0.2) is 9.78 Å². The van der Waals surface area contributed by atoms with Crippen molar-refractivity contribution < 1.29 is 19.4 Å². The van der Waals surface area contributed by atoms with Gasteiger partial charge in [0.15, 0.2) is 11.5 Å². The molecule has 1 N–H and O–H groups in total. The van der Waals surface area contributed by atoms with Crippen LogP contribution < -0.4 is 9.47 Å². The Balaban J connectivity index is 2.14. The standard InChI is InChI=1S/C15H15NO4S/c1-2-19-13-9-11(4-6-15(17)18)3-5-12(13)20-10-14-16-7-8-21-14/h3-9H,2,10H2,1H3,(H,17,18)/b6-4+. The monoisotopic (exact) mass is 305 g/mol. The Kier molecular flexibility index (Phi) is 5.34. The van der Waals surface area contributed by atoms with Crippen LogP contribution in [0.15, 0.2) is 35.9 Å². The Morgan fingerprint density at radius 3 is 2.90 bits per heavy atom. The molecule has 110 valence electrons. The van der Waals surface area contributed by atoms with Crippen molar-refractivity contribution in [3.8, 4) is 11.5 Å². The van der Waals surface area contributed by atoms with E-state index in [1.807, 2.05) is 12.3 Å². The van der Waals surface area contributed by atoms with Gasteiger partial charge in [0.05, 0.1) is 6.61 Å². The van der Waals surface area contributed by atoms with Crippen LogP contribution >= 0.6 is 11.3 Å². The van der Waals surface area contributed by atoms with Gasteiger partial charge in [0, 0.05) is 17.7 Å². The Morgan fingerprint density at radius 1 is 1.38 bits per heavy atom. The van der Waals surface area contributed by atoms with E-state index in [1.165, 1.54) is 17.4 Å². The molecule has 0 radical (unpaired) electrons. The van der Waals surface area contributed by atoms with Crippen LogP contribution in [-0.2, 0) is 11.4 Å². The molecule has 0 aliphatic carbocycles. The minimum Gasteiger partial charge on any atom is -0.490 e. The van der Waals surface area contributed by atoms with Gasteiger partial charge in [0.2, 0.25) is 0 Å². The lowest BCUT2D eigenvalue weighted by Crippen LogP contribution is -1.99. The van der Waals surface area contributed by atoms with Crippen molar-refractivity contribution in [1.29, 1.82) is 0 Å². The number of hydrogen-bond acceptors (Lipinski definition) is 5. The maximum Gasteiger partial charge on any atom is 0.328 e. The van der Waals surface area contributed by atoms with Gasteiger partial charge in [-0.2, -0.15) is 0 Å². The van der Waals surface area contributed by atoms with Gasteiger partial charge in [-0.3, -0.25) is 0 Å². The molecule has 1 aromatic heterocycles.